The Balaban J connectivity index is 2.38. The molecule has 2 rings (SSSR count). The molecular weight excluding hydrogens is 422 g/mol. The number of thioether (sulfide) groups is 1. The van der Waals surface area contributed by atoms with E-state index in [4.69, 9.17) is 31.5 Å². The third-order valence-corrected chi connectivity index (χ3v) is 5.37. The molecule has 2 N–H and O–H groups in total. The number of carbonyl (C=O) groups is 3. The number of hydrogen-bond acceptors (Lipinski definition) is 8. The van der Waals surface area contributed by atoms with Gasteiger partial charge in [-0.25, -0.2) is 4.79 Å². The predicted octanol–water partition coefficient (Wildman–Crippen LogP) is 2.23. The number of ether oxygens (including phenoxy) is 3. The van der Waals surface area contributed by atoms with Crippen LogP contribution in [-0.2, 0) is 14.4 Å². The number of nitrogens with zero attached hydrogens (tertiary/aromatic N) is 1. The summed E-state index contributed by atoms with van der Waals surface area (Å²) in [5, 5.41) is 18.3. The molecule has 1 atom stereocenters. The number of aliphatic carboxylic acids is 2. The number of amides is 1. The van der Waals surface area contributed by atoms with E-state index in [0.29, 0.717) is 22.8 Å². The summed E-state index contributed by atoms with van der Waals surface area (Å²) in [6.45, 7) is 0. The van der Waals surface area contributed by atoms with E-state index in [1.807, 2.05) is 0 Å². The predicted molar refractivity (Wildman–Crippen MR) is 109 cm³/mol. The minimum absolute atomic E-state index is 0.0477. The Bertz CT molecular complexity index is 858. The van der Waals surface area contributed by atoms with E-state index < -0.39 is 30.3 Å². The molecular formula is C18H19NO8S2. The smallest absolute Gasteiger partial charge is 0.326 e. The van der Waals surface area contributed by atoms with Gasteiger partial charge in [0.05, 0.1) is 26.2 Å². The Morgan fingerprint density at radius 2 is 1.76 bits per heavy atom. The Labute approximate surface area is 176 Å². The standard InChI is InChI=1S/C18H19NO8S2/c1-25-11-6-9(7-12(26-2)15(11)27-3)8-13-16(22)19(18(28)29-13)10(17(23)24)4-5-14(20)21/h6-8,10H,4-5H2,1-3H3,(H,20,21)(H,23,24). The summed E-state index contributed by atoms with van der Waals surface area (Å²) >= 11 is 6.11. The molecule has 1 fully saturated rings. The SMILES string of the molecule is COc1cc(C=C2SC(=S)N(C(CCC(=O)O)C(=O)O)C2=O)cc(OC)c1OC. The van der Waals surface area contributed by atoms with E-state index in [0.717, 1.165) is 16.7 Å². The lowest BCUT2D eigenvalue weighted by Gasteiger charge is -2.22. The van der Waals surface area contributed by atoms with Crippen LogP contribution in [0.3, 0.4) is 0 Å². The molecule has 1 heterocycles. The van der Waals surface area contributed by atoms with Gasteiger partial charge in [0.15, 0.2) is 11.5 Å². The third kappa shape index (κ3) is 4.98. The zero-order valence-corrected chi connectivity index (χ0v) is 17.5. The lowest BCUT2D eigenvalue weighted by atomic mass is 10.1. The van der Waals surface area contributed by atoms with Crippen LogP contribution in [0.1, 0.15) is 18.4 Å². The van der Waals surface area contributed by atoms with Crippen LogP contribution < -0.4 is 14.2 Å². The molecule has 0 saturated carbocycles. The summed E-state index contributed by atoms with van der Waals surface area (Å²) in [7, 11) is 4.38. The summed E-state index contributed by atoms with van der Waals surface area (Å²) in [4.78, 5) is 36.3. The van der Waals surface area contributed by atoms with Crippen LogP contribution in [0.5, 0.6) is 17.2 Å². The Morgan fingerprint density at radius 1 is 1.17 bits per heavy atom. The minimum atomic E-state index is -1.36. The van der Waals surface area contributed by atoms with Crippen LogP contribution in [0.2, 0.25) is 0 Å². The summed E-state index contributed by atoms with van der Waals surface area (Å²) in [6.07, 6.45) is 0.869. The molecule has 156 valence electrons. The average Bonchev–Trinajstić information content (AvgIpc) is 2.94. The van der Waals surface area contributed by atoms with Crippen LogP contribution in [0, 0.1) is 0 Å². The highest BCUT2D eigenvalue weighted by Gasteiger charge is 2.40. The van der Waals surface area contributed by atoms with E-state index in [-0.39, 0.29) is 15.6 Å². The Hall–Kier alpha value is -2.79. The second-order valence-corrected chi connectivity index (χ2v) is 7.47. The molecule has 0 radical (unpaired) electrons. The normalized spacial score (nSPS) is 16.1. The molecule has 11 heteroatoms. The molecule has 1 aliphatic heterocycles. The number of thiocarbonyl (C=S) groups is 1. The molecule has 29 heavy (non-hydrogen) atoms. The van der Waals surface area contributed by atoms with Crippen molar-refractivity contribution >= 4 is 52.2 Å². The number of methoxy groups -OCH3 is 3. The number of carboxylic acids is 2. The topological polar surface area (TPSA) is 123 Å². The molecule has 0 spiro atoms. The van der Waals surface area contributed by atoms with Crippen molar-refractivity contribution < 1.29 is 38.8 Å². The number of rotatable bonds is 9. The number of carboxylic acid groups (broad SMARTS) is 2. The number of benzene rings is 1. The Kier molecular flexibility index (Phi) is 7.46. The van der Waals surface area contributed by atoms with Crippen molar-refractivity contribution in [3.63, 3.8) is 0 Å². The maximum absolute atomic E-state index is 12.8. The molecule has 1 amide bonds. The van der Waals surface area contributed by atoms with Crippen molar-refractivity contribution in [1.29, 1.82) is 0 Å². The first-order valence-electron chi connectivity index (χ1n) is 8.25. The summed E-state index contributed by atoms with van der Waals surface area (Å²) in [5.74, 6) is -1.92. The number of carbonyl (C=O) groups excluding carboxylic acids is 1. The molecule has 1 unspecified atom stereocenters. The largest absolute Gasteiger partial charge is 0.493 e. The quantitative estimate of drug-likeness (QED) is 0.436. The van der Waals surface area contributed by atoms with Gasteiger partial charge in [0.1, 0.15) is 10.4 Å². The van der Waals surface area contributed by atoms with Crippen LogP contribution in [0.15, 0.2) is 17.0 Å². The van der Waals surface area contributed by atoms with Crippen molar-refractivity contribution in [1.82, 2.24) is 4.90 Å². The van der Waals surface area contributed by atoms with Gasteiger partial charge in [-0.1, -0.05) is 24.0 Å². The average molecular weight is 441 g/mol. The van der Waals surface area contributed by atoms with E-state index in [1.54, 1.807) is 12.1 Å². The molecule has 0 aromatic heterocycles. The van der Waals surface area contributed by atoms with Gasteiger partial charge < -0.3 is 24.4 Å². The fraction of sp³-hybridized carbons (Fsp3) is 0.333. The van der Waals surface area contributed by atoms with E-state index in [9.17, 15) is 19.5 Å². The second kappa shape index (κ2) is 9.61. The highest BCUT2D eigenvalue weighted by atomic mass is 32.2. The van der Waals surface area contributed by atoms with Crippen molar-refractivity contribution in [3.05, 3.63) is 22.6 Å². The zero-order chi connectivity index (χ0) is 21.7. The second-order valence-electron chi connectivity index (χ2n) is 5.80. The zero-order valence-electron chi connectivity index (χ0n) is 15.8. The summed E-state index contributed by atoms with van der Waals surface area (Å²) in [6, 6.07) is 1.91. The first-order chi connectivity index (χ1) is 13.7. The van der Waals surface area contributed by atoms with E-state index in [2.05, 4.69) is 0 Å². The van der Waals surface area contributed by atoms with Gasteiger partial charge in [-0.15, -0.1) is 0 Å². The fourth-order valence-electron chi connectivity index (χ4n) is 2.71. The molecule has 0 bridgehead atoms. The minimum Gasteiger partial charge on any atom is -0.493 e. The van der Waals surface area contributed by atoms with Crippen molar-refractivity contribution in [2.45, 2.75) is 18.9 Å². The van der Waals surface area contributed by atoms with Gasteiger partial charge in [0.2, 0.25) is 5.75 Å². The molecule has 1 saturated heterocycles. The van der Waals surface area contributed by atoms with Crippen molar-refractivity contribution in [2.24, 2.45) is 0 Å². The lowest BCUT2D eigenvalue weighted by Crippen LogP contribution is -2.44. The first kappa shape index (κ1) is 22.5. The van der Waals surface area contributed by atoms with Crippen LogP contribution >= 0.6 is 24.0 Å². The maximum atomic E-state index is 12.8. The molecule has 1 aliphatic rings. The maximum Gasteiger partial charge on any atom is 0.326 e. The van der Waals surface area contributed by atoms with Gasteiger partial charge in [-0.05, 0) is 30.2 Å². The van der Waals surface area contributed by atoms with Gasteiger partial charge in [0.25, 0.3) is 5.91 Å². The van der Waals surface area contributed by atoms with Crippen LogP contribution in [0.25, 0.3) is 6.08 Å². The highest BCUT2D eigenvalue weighted by Crippen LogP contribution is 2.40. The lowest BCUT2D eigenvalue weighted by molar-refractivity contribution is -0.146. The fourth-order valence-corrected chi connectivity index (χ4v) is 4.06. The summed E-state index contributed by atoms with van der Waals surface area (Å²) < 4.78 is 15.9. The Morgan fingerprint density at radius 3 is 2.21 bits per heavy atom. The van der Waals surface area contributed by atoms with Gasteiger partial charge >= 0.3 is 11.9 Å². The monoisotopic (exact) mass is 441 g/mol. The van der Waals surface area contributed by atoms with E-state index in [1.165, 1.54) is 27.4 Å². The summed E-state index contributed by atoms with van der Waals surface area (Å²) in [5.41, 5.74) is 0.553. The van der Waals surface area contributed by atoms with Gasteiger partial charge in [0, 0.05) is 6.42 Å². The van der Waals surface area contributed by atoms with Crippen LogP contribution in [-0.4, -0.2) is 64.7 Å². The van der Waals surface area contributed by atoms with E-state index >= 15 is 0 Å². The molecule has 1 aromatic rings. The highest BCUT2D eigenvalue weighted by molar-refractivity contribution is 8.26. The van der Waals surface area contributed by atoms with Crippen molar-refractivity contribution in [2.75, 3.05) is 21.3 Å². The first-order valence-corrected chi connectivity index (χ1v) is 9.47. The van der Waals surface area contributed by atoms with Gasteiger partial charge in [-0.3, -0.25) is 14.5 Å². The van der Waals surface area contributed by atoms with Crippen LogP contribution in [0.4, 0.5) is 0 Å². The van der Waals surface area contributed by atoms with Gasteiger partial charge in [-0.2, -0.15) is 0 Å². The third-order valence-electron chi connectivity index (χ3n) is 4.04. The molecule has 0 aliphatic carbocycles. The molecule has 9 nitrogen and oxygen atoms in total. The number of hydrogen-bond donors (Lipinski definition) is 2. The van der Waals surface area contributed by atoms with Crippen molar-refractivity contribution in [3.8, 4) is 17.2 Å². The molecule has 1 aromatic carbocycles.